The van der Waals surface area contributed by atoms with Gasteiger partial charge in [0.25, 0.3) is 0 Å². The fourth-order valence-corrected chi connectivity index (χ4v) is 4.47. The lowest BCUT2D eigenvalue weighted by Gasteiger charge is -2.43. The monoisotopic (exact) mass is 248 g/mol. The third-order valence-electron chi connectivity index (χ3n) is 5.38. The topological polar surface area (TPSA) is 42.7 Å². The van der Waals surface area contributed by atoms with Crippen molar-refractivity contribution in [1.82, 2.24) is 20.1 Å². The van der Waals surface area contributed by atoms with Crippen LogP contribution in [0, 0.1) is 16.7 Å². The van der Waals surface area contributed by atoms with Crippen molar-refractivity contribution in [3.05, 3.63) is 12.2 Å². The summed E-state index contributed by atoms with van der Waals surface area (Å²) >= 11 is 0. The van der Waals surface area contributed by atoms with Crippen molar-refractivity contribution in [2.24, 2.45) is 23.8 Å². The van der Waals surface area contributed by atoms with E-state index in [4.69, 9.17) is 0 Å². The summed E-state index contributed by atoms with van der Waals surface area (Å²) in [6.07, 6.45) is 5.93. The van der Waals surface area contributed by atoms with E-state index in [0.717, 1.165) is 18.3 Å². The highest BCUT2D eigenvalue weighted by Crippen LogP contribution is 2.62. The van der Waals surface area contributed by atoms with E-state index >= 15 is 0 Å². The lowest BCUT2D eigenvalue weighted by molar-refractivity contribution is 0.107. The minimum absolute atomic E-state index is 0.405. The zero-order valence-electron chi connectivity index (χ0n) is 11.9. The van der Waals surface area contributed by atoms with E-state index < -0.39 is 0 Å². The van der Waals surface area contributed by atoms with E-state index in [1.165, 1.54) is 19.3 Å². The van der Waals surface area contributed by atoms with Crippen molar-refractivity contribution in [2.45, 2.75) is 52.6 Å². The minimum atomic E-state index is 0.405. The molecule has 2 aliphatic rings. The molecule has 2 saturated carbocycles. The normalized spacial score (nSPS) is 37.3. The zero-order chi connectivity index (χ0) is 13.0. The van der Waals surface area contributed by atoms with Gasteiger partial charge in [0.2, 0.25) is 0 Å². The molecule has 1 N–H and O–H groups in total. The van der Waals surface area contributed by atoms with Crippen molar-refractivity contribution in [3.8, 4) is 0 Å². The third-order valence-corrected chi connectivity index (χ3v) is 5.38. The molecule has 4 nitrogen and oxygen atoms in total. The molecule has 3 rings (SSSR count). The Bertz CT molecular complexity index is 446. The molecule has 0 saturated heterocycles. The Labute approximate surface area is 109 Å². The molecule has 0 amide bonds. The number of nitrogens with zero attached hydrogens (tertiary/aromatic N) is 3. The highest BCUT2D eigenvalue weighted by molar-refractivity contribution is 5.12. The summed E-state index contributed by atoms with van der Waals surface area (Å²) in [5.41, 5.74) is 0.880. The molecule has 2 bridgehead atoms. The van der Waals surface area contributed by atoms with Crippen molar-refractivity contribution in [2.75, 3.05) is 0 Å². The largest absolute Gasteiger partial charge is 0.306 e. The van der Waals surface area contributed by atoms with Gasteiger partial charge in [-0.1, -0.05) is 20.8 Å². The first-order chi connectivity index (χ1) is 8.42. The Kier molecular flexibility index (Phi) is 2.56. The molecule has 0 aromatic carbocycles. The summed E-state index contributed by atoms with van der Waals surface area (Å²) < 4.78 is 1.77. The van der Waals surface area contributed by atoms with Gasteiger partial charge < -0.3 is 5.32 Å². The van der Waals surface area contributed by atoms with Crippen LogP contribution < -0.4 is 5.32 Å². The van der Waals surface area contributed by atoms with Gasteiger partial charge in [-0.2, -0.15) is 5.10 Å². The highest BCUT2D eigenvalue weighted by Gasteiger charge is 2.58. The van der Waals surface area contributed by atoms with Crippen LogP contribution in [0.25, 0.3) is 0 Å². The fraction of sp³-hybridized carbons (Fsp3) is 0.857. The molecule has 4 heteroatoms. The van der Waals surface area contributed by atoms with E-state index in [2.05, 4.69) is 36.2 Å². The van der Waals surface area contributed by atoms with Gasteiger partial charge in [-0.3, -0.25) is 4.68 Å². The van der Waals surface area contributed by atoms with Gasteiger partial charge in [-0.15, -0.1) is 0 Å². The van der Waals surface area contributed by atoms with Crippen LogP contribution in [0.15, 0.2) is 6.33 Å². The summed E-state index contributed by atoms with van der Waals surface area (Å²) in [7, 11) is 1.92. The number of hydrogen-bond acceptors (Lipinski definition) is 3. The zero-order valence-corrected chi connectivity index (χ0v) is 11.9. The van der Waals surface area contributed by atoms with Crippen LogP contribution in [0.2, 0.25) is 0 Å². The summed E-state index contributed by atoms with van der Waals surface area (Å²) in [6.45, 7) is 8.08. The average Bonchev–Trinajstić information content (AvgIpc) is 2.89. The average molecular weight is 248 g/mol. The van der Waals surface area contributed by atoms with Gasteiger partial charge in [0.15, 0.2) is 5.82 Å². The van der Waals surface area contributed by atoms with Gasteiger partial charge in [0.1, 0.15) is 6.33 Å². The number of hydrogen-bond donors (Lipinski definition) is 1. The summed E-state index contributed by atoms with van der Waals surface area (Å²) in [4.78, 5) is 4.30. The SMILES string of the molecule is Cn1cnc(CNC2C(C)(C)[C@H]3CC[C@]2(C)C3)n1. The number of rotatable bonds is 3. The third kappa shape index (κ3) is 1.69. The van der Waals surface area contributed by atoms with Gasteiger partial charge in [-0.05, 0) is 36.0 Å². The molecule has 1 aromatic heterocycles. The van der Waals surface area contributed by atoms with Crippen LogP contribution in [0.1, 0.15) is 45.9 Å². The Hall–Kier alpha value is -0.900. The molecule has 1 aromatic rings. The van der Waals surface area contributed by atoms with Crippen LogP contribution in [-0.4, -0.2) is 20.8 Å². The number of fused-ring (bicyclic) bond motifs is 2. The van der Waals surface area contributed by atoms with Crippen molar-refractivity contribution in [3.63, 3.8) is 0 Å². The Morgan fingerprint density at radius 3 is 2.78 bits per heavy atom. The molecule has 18 heavy (non-hydrogen) atoms. The Morgan fingerprint density at radius 1 is 1.44 bits per heavy atom. The molecule has 2 aliphatic carbocycles. The lowest BCUT2D eigenvalue weighted by Crippen LogP contribution is -2.50. The number of aryl methyl sites for hydroxylation is 1. The lowest BCUT2D eigenvalue weighted by atomic mass is 9.68. The fourth-order valence-electron chi connectivity index (χ4n) is 4.47. The number of aromatic nitrogens is 3. The summed E-state index contributed by atoms with van der Waals surface area (Å²) in [5, 5.41) is 8.08. The minimum Gasteiger partial charge on any atom is -0.306 e. The molecule has 100 valence electrons. The maximum absolute atomic E-state index is 4.35. The smallest absolute Gasteiger partial charge is 0.164 e. The number of nitrogens with one attached hydrogen (secondary N) is 1. The maximum atomic E-state index is 4.35. The molecule has 0 aliphatic heterocycles. The van der Waals surface area contributed by atoms with Gasteiger partial charge in [0.05, 0.1) is 6.54 Å². The Balaban J connectivity index is 1.72. The second-order valence-electron chi connectivity index (χ2n) is 7.06. The molecule has 1 unspecified atom stereocenters. The van der Waals surface area contributed by atoms with Crippen LogP contribution in [0.4, 0.5) is 0 Å². The summed E-state index contributed by atoms with van der Waals surface area (Å²) in [5.74, 6) is 1.79. The molecule has 2 fully saturated rings. The van der Waals surface area contributed by atoms with Gasteiger partial charge in [-0.25, -0.2) is 4.98 Å². The predicted octanol–water partition coefficient (Wildman–Crippen LogP) is 2.12. The maximum Gasteiger partial charge on any atom is 0.164 e. The first-order valence-electron chi connectivity index (χ1n) is 7.00. The first kappa shape index (κ1) is 12.2. The van der Waals surface area contributed by atoms with Crippen LogP contribution in [-0.2, 0) is 13.6 Å². The van der Waals surface area contributed by atoms with E-state index in [1.54, 1.807) is 11.0 Å². The van der Waals surface area contributed by atoms with Gasteiger partial charge in [0, 0.05) is 13.1 Å². The molecule has 0 spiro atoms. The molecule has 1 heterocycles. The molecule has 3 atom stereocenters. The van der Waals surface area contributed by atoms with Gasteiger partial charge >= 0.3 is 0 Å². The second kappa shape index (κ2) is 3.80. The van der Waals surface area contributed by atoms with Crippen LogP contribution in [0.3, 0.4) is 0 Å². The standard InChI is InChI=1S/C14H24N4/c1-13(2)10-5-6-14(3,7-10)12(13)15-8-11-16-9-18(4)17-11/h9-10,12,15H,5-8H2,1-4H3/t10-,12?,14+/m0/s1. The first-order valence-corrected chi connectivity index (χ1v) is 7.00. The van der Waals surface area contributed by atoms with Crippen molar-refractivity contribution < 1.29 is 0 Å². The highest BCUT2D eigenvalue weighted by atomic mass is 15.3. The molecule has 0 radical (unpaired) electrons. The van der Waals surface area contributed by atoms with Crippen LogP contribution in [0.5, 0.6) is 0 Å². The van der Waals surface area contributed by atoms with E-state index in [-0.39, 0.29) is 0 Å². The van der Waals surface area contributed by atoms with E-state index in [0.29, 0.717) is 16.9 Å². The predicted molar refractivity (Wildman–Crippen MR) is 70.9 cm³/mol. The molecular weight excluding hydrogens is 224 g/mol. The summed E-state index contributed by atoms with van der Waals surface area (Å²) in [6, 6.07) is 0.590. The van der Waals surface area contributed by atoms with Crippen molar-refractivity contribution in [1.29, 1.82) is 0 Å². The molecular formula is C14H24N4. The van der Waals surface area contributed by atoms with E-state index in [9.17, 15) is 0 Å². The quantitative estimate of drug-likeness (QED) is 0.891. The second-order valence-corrected chi connectivity index (χ2v) is 7.06. The van der Waals surface area contributed by atoms with Crippen LogP contribution >= 0.6 is 0 Å². The Morgan fingerprint density at radius 2 is 2.22 bits per heavy atom. The van der Waals surface area contributed by atoms with E-state index in [1.807, 2.05) is 7.05 Å². The van der Waals surface area contributed by atoms with Crippen molar-refractivity contribution >= 4 is 0 Å².